The first-order valence-corrected chi connectivity index (χ1v) is 6.14. The van der Waals surface area contributed by atoms with E-state index in [1.807, 2.05) is 18.2 Å². The van der Waals surface area contributed by atoms with Gasteiger partial charge in [0.05, 0.1) is 12.7 Å². The first-order valence-electron chi connectivity index (χ1n) is 6.14. The Hall–Kier alpha value is -1.02. The van der Waals surface area contributed by atoms with Crippen molar-refractivity contribution in [3.63, 3.8) is 0 Å². The maximum absolute atomic E-state index is 9.69. The van der Waals surface area contributed by atoms with Crippen molar-refractivity contribution in [2.75, 3.05) is 6.61 Å². The minimum Gasteiger partial charge on any atom is -0.493 e. The molecule has 0 saturated heterocycles. The van der Waals surface area contributed by atoms with E-state index in [0.717, 1.165) is 31.4 Å². The lowest BCUT2D eigenvalue weighted by Crippen LogP contribution is -2.16. The van der Waals surface area contributed by atoms with Gasteiger partial charge < -0.3 is 9.84 Å². The van der Waals surface area contributed by atoms with Crippen LogP contribution in [0.5, 0.6) is 5.75 Å². The topological polar surface area (TPSA) is 29.5 Å². The first kappa shape index (κ1) is 11.5. The molecular weight excluding hydrogens is 200 g/mol. The molecule has 88 valence electrons. The van der Waals surface area contributed by atoms with Gasteiger partial charge in [-0.05, 0) is 43.7 Å². The van der Waals surface area contributed by atoms with Gasteiger partial charge in [0.15, 0.2) is 0 Å². The van der Waals surface area contributed by atoms with Crippen molar-refractivity contribution in [2.45, 2.75) is 38.7 Å². The van der Waals surface area contributed by atoms with Crippen LogP contribution in [0.15, 0.2) is 24.3 Å². The molecule has 1 aliphatic rings. The molecule has 0 heterocycles. The van der Waals surface area contributed by atoms with Crippen LogP contribution in [-0.4, -0.2) is 17.8 Å². The van der Waals surface area contributed by atoms with Crippen molar-refractivity contribution in [1.29, 1.82) is 0 Å². The summed E-state index contributed by atoms with van der Waals surface area (Å²) < 4.78 is 5.74. The zero-order chi connectivity index (χ0) is 11.4. The van der Waals surface area contributed by atoms with Gasteiger partial charge in [-0.1, -0.05) is 24.6 Å². The number of hydrogen-bond acceptors (Lipinski definition) is 2. The fourth-order valence-corrected chi connectivity index (χ4v) is 2.39. The zero-order valence-corrected chi connectivity index (χ0v) is 9.86. The van der Waals surface area contributed by atoms with E-state index in [1.165, 1.54) is 5.56 Å². The lowest BCUT2D eigenvalue weighted by atomic mass is 10.0. The van der Waals surface area contributed by atoms with Gasteiger partial charge in [0.2, 0.25) is 0 Å². The van der Waals surface area contributed by atoms with Crippen LogP contribution in [0.4, 0.5) is 0 Å². The van der Waals surface area contributed by atoms with Crippen LogP contribution in [-0.2, 0) is 0 Å². The van der Waals surface area contributed by atoms with E-state index in [0.29, 0.717) is 12.5 Å². The van der Waals surface area contributed by atoms with E-state index in [4.69, 9.17) is 4.74 Å². The van der Waals surface area contributed by atoms with Crippen LogP contribution in [0.1, 0.15) is 31.2 Å². The van der Waals surface area contributed by atoms with Crippen LogP contribution in [0.2, 0.25) is 0 Å². The molecular formula is C14H20O2. The van der Waals surface area contributed by atoms with Gasteiger partial charge in [0.1, 0.15) is 5.75 Å². The van der Waals surface area contributed by atoms with Crippen molar-refractivity contribution in [1.82, 2.24) is 0 Å². The summed E-state index contributed by atoms with van der Waals surface area (Å²) in [7, 11) is 0. The molecule has 2 nitrogen and oxygen atoms in total. The average molecular weight is 220 g/mol. The molecule has 0 radical (unpaired) electrons. The summed E-state index contributed by atoms with van der Waals surface area (Å²) in [5, 5.41) is 9.69. The molecule has 2 unspecified atom stereocenters. The molecule has 16 heavy (non-hydrogen) atoms. The Morgan fingerprint density at radius 2 is 2.12 bits per heavy atom. The maximum atomic E-state index is 9.69. The zero-order valence-electron chi connectivity index (χ0n) is 9.86. The summed E-state index contributed by atoms with van der Waals surface area (Å²) in [5.74, 6) is 1.42. The van der Waals surface area contributed by atoms with Crippen molar-refractivity contribution >= 4 is 0 Å². The largest absolute Gasteiger partial charge is 0.493 e. The Morgan fingerprint density at radius 3 is 2.81 bits per heavy atom. The molecule has 0 spiro atoms. The minimum atomic E-state index is -0.0968. The third-order valence-electron chi connectivity index (χ3n) is 3.46. The SMILES string of the molecule is Cc1ccccc1OCCC1CCCC1O. The fourth-order valence-electron chi connectivity index (χ4n) is 2.39. The average Bonchev–Trinajstić information content (AvgIpc) is 2.67. The van der Waals surface area contributed by atoms with Crippen molar-refractivity contribution in [2.24, 2.45) is 5.92 Å². The Kier molecular flexibility index (Phi) is 3.83. The number of rotatable bonds is 4. The Labute approximate surface area is 97.3 Å². The van der Waals surface area contributed by atoms with Crippen LogP contribution in [0.3, 0.4) is 0 Å². The molecule has 0 bridgehead atoms. The summed E-state index contributed by atoms with van der Waals surface area (Å²) in [4.78, 5) is 0. The molecule has 1 aromatic carbocycles. The molecule has 2 rings (SSSR count). The van der Waals surface area contributed by atoms with Crippen molar-refractivity contribution in [3.05, 3.63) is 29.8 Å². The van der Waals surface area contributed by atoms with E-state index < -0.39 is 0 Å². The lowest BCUT2D eigenvalue weighted by Gasteiger charge is -2.15. The van der Waals surface area contributed by atoms with E-state index in [1.54, 1.807) is 0 Å². The molecule has 2 atom stereocenters. The van der Waals surface area contributed by atoms with Gasteiger partial charge >= 0.3 is 0 Å². The monoisotopic (exact) mass is 220 g/mol. The highest BCUT2D eigenvalue weighted by Crippen LogP contribution is 2.28. The highest BCUT2D eigenvalue weighted by molar-refractivity contribution is 5.31. The second-order valence-corrected chi connectivity index (χ2v) is 4.66. The Morgan fingerprint density at radius 1 is 1.31 bits per heavy atom. The van der Waals surface area contributed by atoms with Crippen LogP contribution in [0.25, 0.3) is 0 Å². The van der Waals surface area contributed by atoms with Gasteiger partial charge in [-0.25, -0.2) is 0 Å². The molecule has 1 fully saturated rings. The smallest absolute Gasteiger partial charge is 0.122 e. The van der Waals surface area contributed by atoms with E-state index >= 15 is 0 Å². The second kappa shape index (κ2) is 5.35. The number of para-hydroxylation sites is 1. The summed E-state index contributed by atoms with van der Waals surface area (Å²) in [6.45, 7) is 2.77. The Balaban J connectivity index is 1.78. The normalized spacial score (nSPS) is 24.6. The molecule has 2 heteroatoms. The Bertz CT molecular complexity index is 335. The number of benzene rings is 1. The molecule has 0 aromatic heterocycles. The number of hydrogen-bond donors (Lipinski definition) is 1. The van der Waals surface area contributed by atoms with Gasteiger partial charge in [-0.3, -0.25) is 0 Å². The molecule has 0 amide bonds. The highest BCUT2D eigenvalue weighted by Gasteiger charge is 2.24. The van der Waals surface area contributed by atoms with Gasteiger partial charge in [-0.2, -0.15) is 0 Å². The molecule has 1 saturated carbocycles. The van der Waals surface area contributed by atoms with Crippen LogP contribution in [0, 0.1) is 12.8 Å². The fraction of sp³-hybridized carbons (Fsp3) is 0.571. The van der Waals surface area contributed by atoms with Crippen molar-refractivity contribution in [3.8, 4) is 5.75 Å². The first-order chi connectivity index (χ1) is 7.77. The third-order valence-corrected chi connectivity index (χ3v) is 3.46. The van der Waals surface area contributed by atoms with E-state index in [-0.39, 0.29) is 6.10 Å². The summed E-state index contributed by atoms with van der Waals surface area (Å²) >= 11 is 0. The minimum absolute atomic E-state index is 0.0968. The van der Waals surface area contributed by atoms with Crippen molar-refractivity contribution < 1.29 is 9.84 Å². The number of aryl methyl sites for hydroxylation is 1. The van der Waals surface area contributed by atoms with Gasteiger partial charge in [0, 0.05) is 0 Å². The standard InChI is InChI=1S/C14H20O2/c1-11-5-2-3-8-14(11)16-10-9-12-6-4-7-13(12)15/h2-3,5,8,12-13,15H,4,6-7,9-10H2,1H3. The summed E-state index contributed by atoms with van der Waals surface area (Å²) in [5.41, 5.74) is 1.18. The molecule has 1 aliphatic carbocycles. The molecule has 1 aromatic rings. The summed E-state index contributed by atoms with van der Waals surface area (Å²) in [6, 6.07) is 8.07. The number of aliphatic hydroxyl groups excluding tert-OH is 1. The maximum Gasteiger partial charge on any atom is 0.122 e. The number of ether oxygens (including phenoxy) is 1. The third kappa shape index (κ3) is 2.76. The number of aliphatic hydroxyl groups is 1. The van der Waals surface area contributed by atoms with E-state index in [2.05, 4.69) is 13.0 Å². The van der Waals surface area contributed by atoms with E-state index in [9.17, 15) is 5.11 Å². The van der Waals surface area contributed by atoms with Gasteiger partial charge in [0.25, 0.3) is 0 Å². The van der Waals surface area contributed by atoms with Crippen LogP contribution >= 0.6 is 0 Å². The second-order valence-electron chi connectivity index (χ2n) is 4.66. The van der Waals surface area contributed by atoms with Crippen LogP contribution < -0.4 is 4.74 Å². The molecule has 0 aliphatic heterocycles. The van der Waals surface area contributed by atoms with Gasteiger partial charge in [-0.15, -0.1) is 0 Å². The predicted molar refractivity (Wildman–Crippen MR) is 64.6 cm³/mol. The summed E-state index contributed by atoms with van der Waals surface area (Å²) in [6.07, 6.45) is 4.15. The lowest BCUT2D eigenvalue weighted by molar-refractivity contribution is 0.116. The molecule has 1 N–H and O–H groups in total. The highest BCUT2D eigenvalue weighted by atomic mass is 16.5. The quantitative estimate of drug-likeness (QED) is 0.845. The predicted octanol–water partition coefficient (Wildman–Crippen LogP) is 2.92.